The van der Waals surface area contributed by atoms with Crippen LogP contribution in [0.1, 0.15) is 16.1 Å². The molecule has 0 aliphatic carbocycles. The van der Waals surface area contributed by atoms with Gasteiger partial charge in [0.05, 0.1) is 16.8 Å². The van der Waals surface area contributed by atoms with Gasteiger partial charge in [0.2, 0.25) is 0 Å². The van der Waals surface area contributed by atoms with E-state index in [2.05, 4.69) is 9.82 Å². The number of sulfonamides is 1. The Morgan fingerprint density at radius 3 is 2.48 bits per heavy atom. The molecular formula is C18H14ClN3O4S. The molecule has 3 aromatic rings. The number of carboxylic acids is 1. The fourth-order valence-corrected chi connectivity index (χ4v) is 3.27. The van der Waals surface area contributed by atoms with Crippen LogP contribution in [0.3, 0.4) is 0 Å². The van der Waals surface area contributed by atoms with Crippen molar-refractivity contribution >= 4 is 39.4 Å². The summed E-state index contributed by atoms with van der Waals surface area (Å²) in [7, 11) is -3.80. The molecule has 1 aromatic heterocycles. The van der Waals surface area contributed by atoms with Gasteiger partial charge in [0.15, 0.2) is 5.69 Å². The first-order chi connectivity index (χ1) is 12.8. The molecule has 9 heteroatoms. The Bertz CT molecular complexity index is 1110. The topological polar surface area (TPSA) is 101 Å². The van der Waals surface area contributed by atoms with Crippen LogP contribution in [0.4, 0.5) is 5.69 Å². The second-order valence-electron chi connectivity index (χ2n) is 5.47. The van der Waals surface area contributed by atoms with Crippen molar-refractivity contribution in [3.63, 3.8) is 0 Å². The van der Waals surface area contributed by atoms with Gasteiger partial charge in [-0.05, 0) is 42.0 Å². The molecule has 138 valence electrons. The number of hydrogen-bond acceptors (Lipinski definition) is 4. The van der Waals surface area contributed by atoms with Gasteiger partial charge in [0.25, 0.3) is 10.0 Å². The maximum atomic E-state index is 12.4. The summed E-state index contributed by atoms with van der Waals surface area (Å²) in [6, 6.07) is 14.6. The molecule has 0 saturated carbocycles. The molecule has 0 amide bonds. The lowest BCUT2D eigenvalue weighted by molar-refractivity contribution is 0.0690. The van der Waals surface area contributed by atoms with E-state index in [0.717, 1.165) is 5.41 Å². The van der Waals surface area contributed by atoms with Gasteiger partial charge in [0, 0.05) is 11.2 Å². The number of anilines is 1. The minimum absolute atomic E-state index is 0.143. The third-order valence-electron chi connectivity index (χ3n) is 3.52. The number of nitrogens with zero attached hydrogens (tertiary/aromatic N) is 2. The first kappa shape index (κ1) is 18.7. The standard InChI is InChI=1S/C18H14ClN3O4S/c19-14-7-5-13(6-8-14)10-12-27(25,26)21-15-3-1-2-4-17(15)22-11-9-16(20-22)18(23)24/h1-12,21H,(H,23,24). The molecule has 0 aliphatic rings. The number of para-hydroxylation sites is 2. The molecule has 3 rings (SSSR count). The van der Waals surface area contributed by atoms with Gasteiger partial charge in [-0.15, -0.1) is 0 Å². The number of rotatable bonds is 6. The van der Waals surface area contributed by atoms with E-state index >= 15 is 0 Å². The van der Waals surface area contributed by atoms with E-state index in [0.29, 0.717) is 16.3 Å². The zero-order valence-electron chi connectivity index (χ0n) is 13.8. The fraction of sp³-hybridized carbons (Fsp3) is 0. The average Bonchev–Trinajstić information content (AvgIpc) is 3.12. The highest BCUT2D eigenvalue weighted by atomic mass is 35.5. The SMILES string of the molecule is O=C(O)c1ccn(-c2ccccc2NS(=O)(=O)C=Cc2ccc(Cl)cc2)n1. The Labute approximate surface area is 160 Å². The Hall–Kier alpha value is -3.10. The highest BCUT2D eigenvalue weighted by Crippen LogP contribution is 2.21. The summed E-state index contributed by atoms with van der Waals surface area (Å²) < 4.78 is 28.5. The fourth-order valence-electron chi connectivity index (χ4n) is 2.26. The Morgan fingerprint density at radius 2 is 1.81 bits per heavy atom. The van der Waals surface area contributed by atoms with E-state index < -0.39 is 16.0 Å². The molecule has 0 spiro atoms. The molecular weight excluding hydrogens is 390 g/mol. The number of aromatic carboxylic acids is 1. The number of nitrogens with one attached hydrogen (secondary N) is 1. The number of carboxylic acid groups (broad SMARTS) is 1. The number of carbonyl (C=O) groups is 1. The molecule has 0 radical (unpaired) electrons. The third kappa shape index (κ3) is 4.75. The summed E-state index contributed by atoms with van der Waals surface area (Å²) >= 11 is 5.81. The predicted molar refractivity (Wildman–Crippen MR) is 104 cm³/mol. The maximum Gasteiger partial charge on any atom is 0.356 e. The molecule has 7 nitrogen and oxygen atoms in total. The summed E-state index contributed by atoms with van der Waals surface area (Å²) in [4.78, 5) is 11.0. The van der Waals surface area contributed by atoms with Crippen LogP contribution in [0.2, 0.25) is 5.02 Å². The van der Waals surface area contributed by atoms with E-state index in [9.17, 15) is 13.2 Å². The lowest BCUT2D eigenvalue weighted by atomic mass is 10.2. The highest BCUT2D eigenvalue weighted by Gasteiger charge is 2.13. The quantitative estimate of drug-likeness (QED) is 0.654. The summed E-state index contributed by atoms with van der Waals surface area (Å²) in [5.74, 6) is -1.17. The van der Waals surface area contributed by atoms with Crippen molar-refractivity contribution in [1.29, 1.82) is 0 Å². The molecule has 1 heterocycles. The molecule has 0 unspecified atom stereocenters. The van der Waals surface area contributed by atoms with Crippen molar-refractivity contribution in [2.24, 2.45) is 0 Å². The lowest BCUT2D eigenvalue weighted by Crippen LogP contribution is -2.12. The van der Waals surface area contributed by atoms with Crippen molar-refractivity contribution in [3.05, 3.63) is 82.5 Å². The summed E-state index contributed by atoms with van der Waals surface area (Å²) in [5.41, 5.74) is 1.19. The zero-order valence-corrected chi connectivity index (χ0v) is 15.4. The predicted octanol–water partition coefficient (Wildman–Crippen LogP) is 3.64. The molecule has 0 atom stereocenters. The highest BCUT2D eigenvalue weighted by molar-refractivity contribution is 7.95. The third-order valence-corrected chi connectivity index (χ3v) is 4.77. The Kier molecular flexibility index (Phi) is 5.29. The zero-order chi connectivity index (χ0) is 19.4. The lowest BCUT2D eigenvalue weighted by Gasteiger charge is -2.10. The number of benzene rings is 2. The second-order valence-corrected chi connectivity index (χ2v) is 7.47. The van der Waals surface area contributed by atoms with Crippen LogP contribution >= 0.6 is 11.6 Å². The first-order valence-electron chi connectivity index (χ1n) is 7.69. The molecule has 2 N–H and O–H groups in total. The summed E-state index contributed by atoms with van der Waals surface area (Å²) in [6.45, 7) is 0. The van der Waals surface area contributed by atoms with Crippen molar-refractivity contribution in [3.8, 4) is 5.69 Å². The summed E-state index contributed by atoms with van der Waals surface area (Å²) in [5, 5.41) is 14.5. The van der Waals surface area contributed by atoms with Gasteiger partial charge in [-0.2, -0.15) is 5.10 Å². The van der Waals surface area contributed by atoms with Crippen molar-refractivity contribution in [2.45, 2.75) is 0 Å². The van der Waals surface area contributed by atoms with Gasteiger partial charge < -0.3 is 5.11 Å². The van der Waals surface area contributed by atoms with Crippen LogP contribution in [-0.4, -0.2) is 29.3 Å². The van der Waals surface area contributed by atoms with E-state index in [1.807, 2.05) is 0 Å². The number of hydrogen-bond donors (Lipinski definition) is 2. The second kappa shape index (κ2) is 7.65. The van der Waals surface area contributed by atoms with Crippen LogP contribution in [0.5, 0.6) is 0 Å². The van der Waals surface area contributed by atoms with Gasteiger partial charge >= 0.3 is 5.97 Å². The van der Waals surface area contributed by atoms with Gasteiger partial charge in [-0.25, -0.2) is 17.9 Å². The first-order valence-corrected chi connectivity index (χ1v) is 9.61. The molecule has 0 aliphatic heterocycles. The normalized spacial score (nSPS) is 11.6. The largest absolute Gasteiger partial charge is 0.476 e. The van der Waals surface area contributed by atoms with Crippen LogP contribution in [0, 0.1) is 0 Å². The number of halogens is 1. The van der Waals surface area contributed by atoms with E-state index in [-0.39, 0.29) is 11.4 Å². The minimum Gasteiger partial charge on any atom is -0.476 e. The molecule has 0 bridgehead atoms. The average molecular weight is 404 g/mol. The summed E-state index contributed by atoms with van der Waals surface area (Å²) in [6.07, 6.45) is 2.89. The van der Waals surface area contributed by atoms with Crippen LogP contribution in [0.25, 0.3) is 11.8 Å². The van der Waals surface area contributed by atoms with Crippen molar-refractivity contribution in [1.82, 2.24) is 9.78 Å². The van der Waals surface area contributed by atoms with E-state index in [4.69, 9.17) is 16.7 Å². The maximum absolute atomic E-state index is 12.4. The Morgan fingerprint density at radius 1 is 1.11 bits per heavy atom. The minimum atomic E-state index is -3.80. The Balaban J connectivity index is 1.86. The van der Waals surface area contributed by atoms with E-state index in [1.165, 1.54) is 23.0 Å². The van der Waals surface area contributed by atoms with Crippen LogP contribution in [-0.2, 0) is 10.0 Å². The van der Waals surface area contributed by atoms with Crippen LogP contribution in [0.15, 0.2) is 66.2 Å². The molecule has 2 aromatic carbocycles. The molecule has 0 saturated heterocycles. The smallest absolute Gasteiger partial charge is 0.356 e. The van der Waals surface area contributed by atoms with Crippen LogP contribution < -0.4 is 4.72 Å². The van der Waals surface area contributed by atoms with Crippen molar-refractivity contribution in [2.75, 3.05) is 4.72 Å². The van der Waals surface area contributed by atoms with Gasteiger partial charge in [0.1, 0.15) is 0 Å². The van der Waals surface area contributed by atoms with Gasteiger partial charge in [-0.3, -0.25) is 4.72 Å². The number of aromatic nitrogens is 2. The molecule has 27 heavy (non-hydrogen) atoms. The van der Waals surface area contributed by atoms with Crippen molar-refractivity contribution < 1.29 is 18.3 Å². The van der Waals surface area contributed by atoms with E-state index in [1.54, 1.807) is 48.5 Å². The molecule has 0 fully saturated rings. The monoisotopic (exact) mass is 403 g/mol. The van der Waals surface area contributed by atoms with Gasteiger partial charge in [-0.1, -0.05) is 35.9 Å².